The molecule has 0 saturated heterocycles. The lowest BCUT2D eigenvalue weighted by atomic mass is 10.1. The summed E-state index contributed by atoms with van der Waals surface area (Å²) in [6.07, 6.45) is 2.54. The molecule has 0 aliphatic heterocycles. The van der Waals surface area contributed by atoms with Crippen LogP contribution in [0.2, 0.25) is 0 Å². The smallest absolute Gasteiger partial charge is 0.224 e. The number of hydrogen-bond donors (Lipinski definition) is 1. The molecule has 1 aliphatic rings. The van der Waals surface area contributed by atoms with E-state index in [0.29, 0.717) is 13.0 Å². The molecule has 1 aromatic carbocycles. The molecule has 1 unspecified atom stereocenters. The van der Waals surface area contributed by atoms with Crippen molar-refractivity contribution in [2.45, 2.75) is 25.3 Å². The number of nitrogens with two attached hydrogens (primary N) is 1. The van der Waals surface area contributed by atoms with Gasteiger partial charge in [-0.1, -0.05) is 24.3 Å². The second-order valence-corrected chi connectivity index (χ2v) is 4.30. The molecule has 0 fully saturated rings. The lowest BCUT2D eigenvalue weighted by Crippen LogP contribution is -2.31. The van der Waals surface area contributed by atoms with Crippen molar-refractivity contribution >= 4 is 5.91 Å². The molecule has 2 rings (SSSR count). The van der Waals surface area contributed by atoms with E-state index in [9.17, 15) is 4.79 Å². The Morgan fingerprint density at radius 1 is 1.50 bits per heavy atom. The Bertz CT molecular complexity index is 389. The Hall–Kier alpha value is -1.35. The molecule has 86 valence electrons. The highest BCUT2D eigenvalue weighted by atomic mass is 16.2. The van der Waals surface area contributed by atoms with Crippen LogP contribution in [0.5, 0.6) is 0 Å². The summed E-state index contributed by atoms with van der Waals surface area (Å²) >= 11 is 0. The number of carbonyl (C=O) groups is 1. The third kappa shape index (κ3) is 1.95. The Balaban J connectivity index is 2.15. The summed E-state index contributed by atoms with van der Waals surface area (Å²) in [7, 11) is 1.88. The second kappa shape index (κ2) is 4.66. The van der Waals surface area contributed by atoms with Gasteiger partial charge in [0.25, 0.3) is 0 Å². The lowest BCUT2D eigenvalue weighted by molar-refractivity contribution is -0.131. The van der Waals surface area contributed by atoms with Gasteiger partial charge in [-0.05, 0) is 24.0 Å². The largest absolute Gasteiger partial charge is 0.339 e. The number of nitrogens with zero attached hydrogens (tertiary/aromatic N) is 1. The van der Waals surface area contributed by atoms with Crippen LogP contribution in [0.4, 0.5) is 0 Å². The van der Waals surface area contributed by atoms with Crippen molar-refractivity contribution in [2.24, 2.45) is 5.73 Å². The van der Waals surface area contributed by atoms with Gasteiger partial charge in [0.1, 0.15) is 0 Å². The first-order chi connectivity index (χ1) is 7.74. The molecule has 1 atom stereocenters. The van der Waals surface area contributed by atoms with Gasteiger partial charge in [0, 0.05) is 20.0 Å². The average molecular weight is 218 g/mol. The normalized spacial score (nSPS) is 18.2. The first kappa shape index (κ1) is 11.1. The van der Waals surface area contributed by atoms with Gasteiger partial charge < -0.3 is 10.6 Å². The third-order valence-corrected chi connectivity index (χ3v) is 3.32. The molecule has 2 N–H and O–H groups in total. The van der Waals surface area contributed by atoms with Crippen LogP contribution >= 0.6 is 0 Å². The maximum absolute atomic E-state index is 11.8. The van der Waals surface area contributed by atoms with Crippen LogP contribution in [0, 0.1) is 0 Å². The minimum atomic E-state index is 0.143. The quantitative estimate of drug-likeness (QED) is 0.835. The van der Waals surface area contributed by atoms with Gasteiger partial charge in [0.2, 0.25) is 5.91 Å². The van der Waals surface area contributed by atoms with Gasteiger partial charge >= 0.3 is 0 Å². The first-order valence-electron chi connectivity index (χ1n) is 5.77. The lowest BCUT2D eigenvalue weighted by Gasteiger charge is -2.25. The average Bonchev–Trinajstić information content (AvgIpc) is 2.72. The minimum absolute atomic E-state index is 0.143. The Morgan fingerprint density at radius 2 is 2.25 bits per heavy atom. The van der Waals surface area contributed by atoms with Crippen LogP contribution in [0.3, 0.4) is 0 Å². The van der Waals surface area contributed by atoms with Crippen molar-refractivity contribution in [1.82, 2.24) is 4.90 Å². The van der Waals surface area contributed by atoms with Crippen molar-refractivity contribution in [3.63, 3.8) is 0 Å². The monoisotopic (exact) mass is 218 g/mol. The van der Waals surface area contributed by atoms with Crippen LogP contribution in [-0.2, 0) is 11.2 Å². The van der Waals surface area contributed by atoms with E-state index in [-0.39, 0.29) is 11.9 Å². The summed E-state index contributed by atoms with van der Waals surface area (Å²) in [6, 6.07) is 8.62. The van der Waals surface area contributed by atoms with E-state index in [1.54, 1.807) is 0 Å². The summed E-state index contributed by atoms with van der Waals surface area (Å²) in [6.45, 7) is 0.428. The minimum Gasteiger partial charge on any atom is -0.339 e. The number of carbonyl (C=O) groups excluding carboxylic acids is 1. The highest BCUT2D eigenvalue weighted by Gasteiger charge is 2.27. The number of fused-ring (bicyclic) bond motifs is 1. The van der Waals surface area contributed by atoms with E-state index in [0.717, 1.165) is 12.8 Å². The molecule has 3 nitrogen and oxygen atoms in total. The van der Waals surface area contributed by atoms with Crippen molar-refractivity contribution in [3.8, 4) is 0 Å². The molecule has 0 spiro atoms. The zero-order valence-electron chi connectivity index (χ0n) is 9.65. The standard InChI is InChI=1S/C13H18N2O/c1-15(13(16)8-9-14)12-7-6-10-4-2-3-5-11(10)12/h2-5,12H,6-9,14H2,1H3. The molecule has 0 saturated carbocycles. The summed E-state index contributed by atoms with van der Waals surface area (Å²) in [5, 5.41) is 0. The molecule has 0 heterocycles. The fourth-order valence-electron chi connectivity index (χ4n) is 2.41. The summed E-state index contributed by atoms with van der Waals surface area (Å²) in [5.41, 5.74) is 8.09. The number of aryl methyl sites for hydroxylation is 1. The number of benzene rings is 1. The molecular weight excluding hydrogens is 200 g/mol. The molecule has 1 aliphatic carbocycles. The van der Waals surface area contributed by atoms with E-state index in [2.05, 4.69) is 18.2 Å². The highest BCUT2D eigenvalue weighted by Crippen LogP contribution is 2.34. The molecule has 1 amide bonds. The zero-order chi connectivity index (χ0) is 11.5. The van der Waals surface area contributed by atoms with Gasteiger partial charge in [0.05, 0.1) is 6.04 Å². The van der Waals surface area contributed by atoms with Crippen molar-refractivity contribution < 1.29 is 4.79 Å². The molecule has 1 aromatic rings. The molecule has 0 aromatic heterocycles. The van der Waals surface area contributed by atoms with Gasteiger partial charge in [-0.3, -0.25) is 4.79 Å². The predicted octanol–water partition coefficient (Wildman–Crippen LogP) is 1.48. The van der Waals surface area contributed by atoms with E-state index in [1.807, 2.05) is 18.0 Å². The van der Waals surface area contributed by atoms with E-state index < -0.39 is 0 Å². The van der Waals surface area contributed by atoms with E-state index in [1.165, 1.54) is 11.1 Å². The van der Waals surface area contributed by atoms with Crippen LogP contribution in [0.25, 0.3) is 0 Å². The molecule has 16 heavy (non-hydrogen) atoms. The van der Waals surface area contributed by atoms with E-state index >= 15 is 0 Å². The van der Waals surface area contributed by atoms with Gasteiger partial charge in [-0.2, -0.15) is 0 Å². The Morgan fingerprint density at radius 3 is 3.00 bits per heavy atom. The maximum atomic E-state index is 11.8. The zero-order valence-corrected chi connectivity index (χ0v) is 9.65. The number of hydrogen-bond acceptors (Lipinski definition) is 2. The summed E-state index contributed by atoms with van der Waals surface area (Å²) in [5.74, 6) is 0.143. The fourth-order valence-corrected chi connectivity index (χ4v) is 2.41. The Labute approximate surface area is 96.2 Å². The molecular formula is C13H18N2O. The molecule has 0 bridgehead atoms. The predicted molar refractivity (Wildman–Crippen MR) is 63.9 cm³/mol. The first-order valence-corrected chi connectivity index (χ1v) is 5.77. The molecule has 3 heteroatoms. The number of amides is 1. The van der Waals surface area contributed by atoms with Crippen LogP contribution < -0.4 is 5.73 Å². The van der Waals surface area contributed by atoms with Crippen molar-refractivity contribution in [3.05, 3.63) is 35.4 Å². The summed E-state index contributed by atoms with van der Waals surface area (Å²) < 4.78 is 0. The Kier molecular flexibility index (Phi) is 3.25. The maximum Gasteiger partial charge on any atom is 0.224 e. The highest BCUT2D eigenvalue weighted by molar-refractivity contribution is 5.76. The summed E-state index contributed by atoms with van der Waals surface area (Å²) in [4.78, 5) is 13.6. The van der Waals surface area contributed by atoms with Crippen molar-refractivity contribution in [1.29, 1.82) is 0 Å². The third-order valence-electron chi connectivity index (χ3n) is 3.32. The topological polar surface area (TPSA) is 46.3 Å². The second-order valence-electron chi connectivity index (χ2n) is 4.30. The fraction of sp³-hybridized carbons (Fsp3) is 0.462. The van der Waals surface area contributed by atoms with Crippen molar-refractivity contribution in [2.75, 3.05) is 13.6 Å². The molecule has 0 radical (unpaired) electrons. The SMILES string of the molecule is CN(C(=O)CCN)C1CCc2ccccc21. The van der Waals surface area contributed by atoms with Gasteiger partial charge in [-0.25, -0.2) is 0 Å². The van der Waals surface area contributed by atoms with E-state index in [4.69, 9.17) is 5.73 Å². The number of rotatable bonds is 3. The van der Waals surface area contributed by atoms with Crippen LogP contribution in [-0.4, -0.2) is 24.4 Å². The van der Waals surface area contributed by atoms with Crippen LogP contribution in [0.1, 0.15) is 30.0 Å². The van der Waals surface area contributed by atoms with Gasteiger partial charge in [0.15, 0.2) is 0 Å². The van der Waals surface area contributed by atoms with Gasteiger partial charge in [-0.15, -0.1) is 0 Å². The van der Waals surface area contributed by atoms with Crippen LogP contribution in [0.15, 0.2) is 24.3 Å².